The summed E-state index contributed by atoms with van der Waals surface area (Å²) in [5, 5.41) is 8.62. The van der Waals surface area contributed by atoms with Crippen molar-refractivity contribution >= 4 is 28.6 Å². The van der Waals surface area contributed by atoms with Gasteiger partial charge in [0.2, 0.25) is 0 Å². The number of amides is 1. The summed E-state index contributed by atoms with van der Waals surface area (Å²) in [6.45, 7) is -0.200. The van der Waals surface area contributed by atoms with Crippen LogP contribution in [0.4, 0.5) is 18.9 Å². The fourth-order valence-electron chi connectivity index (χ4n) is 2.56. The Kier molecular flexibility index (Phi) is 5.40. The van der Waals surface area contributed by atoms with Gasteiger partial charge in [0.15, 0.2) is 0 Å². The van der Waals surface area contributed by atoms with E-state index in [0.29, 0.717) is 0 Å². The second-order valence-electron chi connectivity index (χ2n) is 5.79. The summed E-state index contributed by atoms with van der Waals surface area (Å²) in [6.07, 6.45) is -2.90. The Labute approximate surface area is 153 Å². The van der Waals surface area contributed by atoms with E-state index in [1.165, 1.54) is 18.3 Å². The molecule has 0 radical (unpaired) electrons. The first-order valence-electron chi connectivity index (χ1n) is 8.14. The Hall–Kier alpha value is -3.35. The summed E-state index contributed by atoms with van der Waals surface area (Å²) < 4.78 is 38.0. The molecule has 0 aliphatic heterocycles. The molecule has 0 aromatic heterocycles. The van der Waals surface area contributed by atoms with Crippen molar-refractivity contribution < 1.29 is 18.0 Å². The maximum absolute atomic E-state index is 12.7. The second-order valence-corrected chi connectivity index (χ2v) is 5.79. The topological polar surface area (TPSA) is 53.5 Å². The van der Waals surface area contributed by atoms with Gasteiger partial charge in [-0.3, -0.25) is 4.79 Å². The molecule has 3 aromatic carbocycles. The fraction of sp³-hybridized carbons (Fsp3) is 0.100. The minimum atomic E-state index is -4.43. The van der Waals surface area contributed by atoms with Gasteiger partial charge in [-0.15, -0.1) is 0 Å². The summed E-state index contributed by atoms with van der Waals surface area (Å²) in [5.41, 5.74) is 2.63. The third-order valence-electron chi connectivity index (χ3n) is 3.86. The highest BCUT2D eigenvalue weighted by molar-refractivity contribution is 6.00. The predicted octanol–water partition coefficient (Wildman–Crippen LogP) is 4.42. The molecule has 0 aliphatic rings. The van der Waals surface area contributed by atoms with E-state index in [4.69, 9.17) is 0 Å². The molecule has 3 aromatic rings. The first-order valence-corrected chi connectivity index (χ1v) is 8.14. The van der Waals surface area contributed by atoms with Crippen LogP contribution >= 0.6 is 0 Å². The van der Waals surface area contributed by atoms with Crippen LogP contribution in [0.2, 0.25) is 0 Å². The number of alkyl halides is 3. The minimum absolute atomic E-state index is 0.200. The van der Waals surface area contributed by atoms with Crippen molar-refractivity contribution in [2.45, 2.75) is 6.18 Å². The number of rotatable bonds is 5. The zero-order valence-electron chi connectivity index (χ0n) is 14.1. The predicted molar refractivity (Wildman–Crippen MR) is 99.6 cm³/mol. The molecule has 138 valence electrons. The normalized spacial score (nSPS) is 11.7. The molecule has 2 N–H and O–H groups in total. The molecule has 0 aliphatic carbocycles. The van der Waals surface area contributed by atoms with Gasteiger partial charge in [0.25, 0.3) is 5.91 Å². The largest absolute Gasteiger partial charge is 0.416 e. The lowest BCUT2D eigenvalue weighted by Crippen LogP contribution is -2.26. The Balaban J connectivity index is 1.58. The van der Waals surface area contributed by atoms with Crippen LogP contribution in [0.25, 0.3) is 10.8 Å². The van der Waals surface area contributed by atoms with Crippen LogP contribution in [-0.2, 0) is 11.0 Å². The van der Waals surface area contributed by atoms with Gasteiger partial charge in [-0.2, -0.15) is 18.3 Å². The van der Waals surface area contributed by atoms with E-state index in [1.54, 1.807) is 0 Å². The second kappa shape index (κ2) is 7.90. The number of hydrazone groups is 1. The Bertz CT molecular complexity index is 978. The number of nitrogens with one attached hydrogen (secondary N) is 2. The SMILES string of the molecule is O=C(CNc1cccc(C(F)(F)F)c1)N/N=C\c1cccc2ccccc12. The van der Waals surface area contributed by atoms with E-state index >= 15 is 0 Å². The van der Waals surface area contributed by atoms with Gasteiger partial charge in [-0.05, 0) is 29.0 Å². The lowest BCUT2D eigenvalue weighted by Gasteiger charge is -2.10. The molecule has 27 heavy (non-hydrogen) atoms. The molecule has 1 amide bonds. The summed E-state index contributed by atoms with van der Waals surface area (Å²) in [5.74, 6) is -0.469. The van der Waals surface area contributed by atoms with Crippen molar-refractivity contribution in [3.8, 4) is 0 Å². The average molecular weight is 371 g/mol. The zero-order valence-corrected chi connectivity index (χ0v) is 14.1. The Morgan fingerprint density at radius 1 is 1.00 bits per heavy atom. The van der Waals surface area contributed by atoms with Crippen LogP contribution in [0, 0.1) is 0 Å². The lowest BCUT2D eigenvalue weighted by molar-refractivity contribution is -0.137. The standard InChI is InChI=1S/C20H16F3N3O/c21-20(22,23)16-8-4-9-17(11-16)24-13-19(27)26-25-12-15-7-3-6-14-5-1-2-10-18(14)15/h1-12,24H,13H2,(H,26,27)/b25-12-. The van der Waals surface area contributed by atoms with E-state index in [2.05, 4.69) is 15.8 Å². The van der Waals surface area contributed by atoms with Crippen LogP contribution in [0.3, 0.4) is 0 Å². The summed E-state index contributed by atoms with van der Waals surface area (Å²) in [7, 11) is 0. The van der Waals surface area contributed by atoms with Gasteiger partial charge in [0.1, 0.15) is 0 Å². The molecule has 4 nitrogen and oxygen atoms in total. The van der Waals surface area contributed by atoms with Gasteiger partial charge in [-0.1, -0.05) is 48.5 Å². The molecule has 7 heteroatoms. The van der Waals surface area contributed by atoms with Gasteiger partial charge in [0, 0.05) is 11.3 Å². The van der Waals surface area contributed by atoms with Gasteiger partial charge < -0.3 is 5.32 Å². The molecular formula is C20H16F3N3O. The summed E-state index contributed by atoms with van der Waals surface area (Å²) in [6, 6.07) is 18.2. The molecule has 3 rings (SSSR count). The third kappa shape index (κ3) is 4.84. The maximum Gasteiger partial charge on any atom is 0.416 e. The van der Waals surface area contributed by atoms with Crippen LogP contribution in [0.1, 0.15) is 11.1 Å². The molecule has 0 heterocycles. The fourth-order valence-corrected chi connectivity index (χ4v) is 2.56. The summed E-state index contributed by atoms with van der Waals surface area (Å²) >= 11 is 0. The quantitative estimate of drug-likeness (QED) is 0.515. The number of anilines is 1. The zero-order chi connectivity index (χ0) is 19.3. The highest BCUT2D eigenvalue weighted by Crippen LogP contribution is 2.30. The maximum atomic E-state index is 12.7. The molecule has 0 saturated carbocycles. The minimum Gasteiger partial charge on any atom is -0.376 e. The van der Waals surface area contributed by atoms with Crippen LogP contribution in [-0.4, -0.2) is 18.7 Å². The molecule has 0 unspecified atom stereocenters. The number of hydrogen-bond acceptors (Lipinski definition) is 3. The highest BCUT2D eigenvalue weighted by atomic mass is 19.4. The van der Waals surface area contributed by atoms with E-state index in [9.17, 15) is 18.0 Å². The number of benzene rings is 3. The van der Waals surface area contributed by atoms with Crippen LogP contribution in [0.5, 0.6) is 0 Å². The Morgan fingerprint density at radius 3 is 2.56 bits per heavy atom. The van der Waals surface area contributed by atoms with E-state index in [-0.39, 0.29) is 12.2 Å². The number of halogens is 3. The molecule has 0 fully saturated rings. The first kappa shape index (κ1) is 18.4. The number of carbonyl (C=O) groups excluding carboxylic acids is 1. The van der Waals surface area contributed by atoms with Crippen LogP contribution in [0.15, 0.2) is 71.8 Å². The number of hydrogen-bond donors (Lipinski definition) is 2. The molecule has 0 spiro atoms. The lowest BCUT2D eigenvalue weighted by atomic mass is 10.1. The summed E-state index contributed by atoms with van der Waals surface area (Å²) in [4.78, 5) is 11.8. The van der Waals surface area contributed by atoms with Gasteiger partial charge >= 0.3 is 6.18 Å². The number of carbonyl (C=O) groups is 1. The average Bonchev–Trinajstić information content (AvgIpc) is 2.66. The van der Waals surface area contributed by atoms with E-state index in [0.717, 1.165) is 28.5 Å². The molecule has 0 bridgehead atoms. The van der Waals surface area contributed by atoms with Crippen LogP contribution < -0.4 is 10.7 Å². The van der Waals surface area contributed by atoms with Crippen molar-refractivity contribution in [3.05, 3.63) is 77.9 Å². The van der Waals surface area contributed by atoms with Crippen molar-refractivity contribution in [1.82, 2.24) is 5.43 Å². The van der Waals surface area contributed by atoms with Crippen molar-refractivity contribution in [2.75, 3.05) is 11.9 Å². The number of nitrogens with zero attached hydrogens (tertiary/aromatic N) is 1. The molecule has 0 saturated heterocycles. The highest BCUT2D eigenvalue weighted by Gasteiger charge is 2.30. The smallest absolute Gasteiger partial charge is 0.376 e. The molecule has 0 atom stereocenters. The van der Waals surface area contributed by atoms with Crippen molar-refractivity contribution in [3.63, 3.8) is 0 Å². The molecular weight excluding hydrogens is 355 g/mol. The van der Waals surface area contributed by atoms with E-state index < -0.39 is 17.6 Å². The third-order valence-corrected chi connectivity index (χ3v) is 3.86. The number of fused-ring (bicyclic) bond motifs is 1. The van der Waals surface area contributed by atoms with Gasteiger partial charge in [-0.25, -0.2) is 5.43 Å². The van der Waals surface area contributed by atoms with Gasteiger partial charge in [0.05, 0.1) is 18.3 Å². The Morgan fingerprint density at radius 2 is 1.74 bits per heavy atom. The monoisotopic (exact) mass is 371 g/mol. The van der Waals surface area contributed by atoms with Crippen molar-refractivity contribution in [2.24, 2.45) is 5.10 Å². The van der Waals surface area contributed by atoms with E-state index in [1.807, 2.05) is 42.5 Å². The van der Waals surface area contributed by atoms with Crippen molar-refractivity contribution in [1.29, 1.82) is 0 Å². The first-order chi connectivity index (χ1) is 12.9.